The molecule has 0 atom stereocenters. The molecule has 1 saturated heterocycles. The second kappa shape index (κ2) is 5.64. The zero-order valence-corrected chi connectivity index (χ0v) is 11.9. The molecule has 0 radical (unpaired) electrons. The number of amides is 1. The minimum absolute atomic E-state index is 0.128. The number of rotatable bonds is 2. The number of carbonyl (C=O) groups excluding carboxylic acids is 1. The standard InChI is InChI=1S/C15H16F3N3O/c16-15(17,18)10-20-6-8-21(9-7-20)14(22)12-2-1-3-13-11(12)4-5-19-13/h1-5,19H,6-10H2. The molecule has 3 rings (SSSR count). The van der Waals surface area contributed by atoms with E-state index in [1.807, 2.05) is 12.1 Å². The molecule has 4 nitrogen and oxygen atoms in total. The quantitative estimate of drug-likeness (QED) is 0.925. The number of alkyl halides is 3. The summed E-state index contributed by atoms with van der Waals surface area (Å²) < 4.78 is 37.1. The molecule has 22 heavy (non-hydrogen) atoms. The summed E-state index contributed by atoms with van der Waals surface area (Å²) in [7, 11) is 0. The third-order valence-electron chi connectivity index (χ3n) is 3.89. The number of H-pyrrole nitrogens is 1. The number of hydrogen-bond donors (Lipinski definition) is 1. The lowest BCUT2D eigenvalue weighted by Crippen LogP contribution is -2.50. The Labute approximate surface area is 125 Å². The van der Waals surface area contributed by atoms with E-state index in [0.717, 1.165) is 10.9 Å². The molecule has 0 unspecified atom stereocenters. The Balaban J connectivity index is 1.69. The highest BCUT2D eigenvalue weighted by Crippen LogP contribution is 2.21. The van der Waals surface area contributed by atoms with Crippen molar-refractivity contribution in [3.63, 3.8) is 0 Å². The molecule has 1 amide bonds. The van der Waals surface area contributed by atoms with E-state index < -0.39 is 12.7 Å². The normalized spacial score (nSPS) is 17.1. The average Bonchev–Trinajstić information content (AvgIpc) is 2.94. The van der Waals surface area contributed by atoms with Crippen LogP contribution in [0.2, 0.25) is 0 Å². The highest BCUT2D eigenvalue weighted by molar-refractivity contribution is 6.06. The van der Waals surface area contributed by atoms with E-state index in [-0.39, 0.29) is 19.0 Å². The second-order valence-corrected chi connectivity index (χ2v) is 5.43. The number of piperazine rings is 1. The number of carbonyl (C=O) groups is 1. The van der Waals surface area contributed by atoms with E-state index in [1.165, 1.54) is 4.90 Å². The molecule has 7 heteroatoms. The van der Waals surface area contributed by atoms with Crippen LogP contribution < -0.4 is 0 Å². The van der Waals surface area contributed by atoms with E-state index >= 15 is 0 Å². The first-order valence-corrected chi connectivity index (χ1v) is 7.08. The Kier molecular flexibility index (Phi) is 3.82. The van der Waals surface area contributed by atoms with Crippen molar-refractivity contribution in [1.82, 2.24) is 14.8 Å². The summed E-state index contributed by atoms with van der Waals surface area (Å²) in [5, 5.41) is 0.838. The minimum Gasteiger partial charge on any atom is -0.361 e. The lowest BCUT2D eigenvalue weighted by Gasteiger charge is -2.35. The predicted molar refractivity (Wildman–Crippen MR) is 76.7 cm³/mol. The molecule has 1 N–H and O–H groups in total. The first kappa shape index (κ1) is 14.9. The van der Waals surface area contributed by atoms with Gasteiger partial charge in [-0.15, -0.1) is 0 Å². The number of aromatic nitrogens is 1. The third kappa shape index (κ3) is 3.09. The van der Waals surface area contributed by atoms with Crippen LogP contribution in [0, 0.1) is 0 Å². The molecular formula is C15H16F3N3O. The summed E-state index contributed by atoms with van der Waals surface area (Å²) in [5.41, 5.74) is 1.46. The van der Waals surface area contributed by atoms with Crippen LogP contribution in [0.4, 0.5) is 13.2 Å². The van der Waals surface area contributed by atoms with Crippen molar-refractivity contribution in [3.05, 3.63) is 36.0 Å². The summed E-state index contributed by atoms with van der Waals surface area (Å²) in [6.45, 7) is 0.205. The fourth-order valence-electron chi connectivity index (χ4n) is 2.80. The van der Waals surface area contributed by atoms with Crippen LogP contribution in [0.3, 0.4) is 0 Å². The van der Waals surface area contributed by atoms with Crippen LogP contribution in [-0.2, 0) is 0 Å². The molecule has 0 saturated carbocycles. The highest BCUT2D eigenvalue weighted by Gasteiger charge is 2.33. The van der Waals surface area contributed by atoms with Crippen LogP contribution in [-0.4, -0.2) is 59.6 Å². The van der Waals surface area contributed by atoms with Gasteiger partial charge < -0.3 is 9.88 Å². The van der Waals surface area contributed by atoms with Gasteiger partial charge >= 0.3 is 6.18 Å². The summed E-state index contributed by atoms with van der Waals surface area (Å²) in [6, 6.07) is 7.27. The van der Waals surface area contributed by atoms with E-state index in [1.54, 1.807) is 23.2 Å². The third-order valence-corrected chi connectivity index (χ3v) is 3.89. The van der Waals surface area contributed by atoms with Crippen LogP contribution in [0.5, 0.6) is 0 Å². The van der Waals surface area contributed by atoms with Gasteiger partial charge in [0.15, 0.2) is 0 Å². The minimum atomic E-state index is -4.19. The van der Waals surface area contributed by atoms with E-state index in [9.17, 15) is 18.0 Å². The van der Waals surface area contributed by atoms with Gasteiger partial charge in [0.25, 0.3) is 5.91 Å². The number of hydrogen-bond acceptors (Lipinski definition) is 2. The zero-order chi connectivity index (χ0) is 15.7. The Morgan fingerprint density at radius 2 is 1.86 bits per heavy atom. The van der Waals surface area contributed by atoms with Gasteiger partial charge in [-0.3, -0.25) is 9.69 Å². The lowest BCUT2D eigenvalue weighted by molar-refractivity contribution is -0.148. The monoisotopic (exact) mass is 311 g/mol. The van der Waals surface area contributed by atoms with Crippen molar-refractivity contribution in [1.29, 1.82) is 0 Å². The van der Waals surface area contributed by atoms with Crippen molar-refractivity contribution in [2.75, 3.05) is 32.7 Å². The molecule has 0 aliphatic carbocycles. The van der Waals surface area contributed by atoms with Gasteiger partial charge in [-0.2, -0.15) is 13.2 Å². The molecule has 1 aliphatic rings. The Bertz CT molecular complexity index is 672. The fourth-order valence-corrected chi connectivity index (χ4v) is 2.80. The molecule has 2 aromatic rings. The molecule has 0 bridgehead atoms. The first-order chi connectivity index (χ1) is 10.4. The van der Waals surface area contributed by atoms with E-state index in [4.69, 9.17) is 0 Å². The number of fused-ring (bicyclic) bond motifs is 1. The molecular weight excluding hydrogens is 295 g/mol. The topological polar surface area (TPSA) is 39.3 Å². The van der Waals surface area contributed by atoms with Crippen molar-refractivity contribution in [2.45, 2.75) is 6.18 Å². The predicted octanol–water partition coefficient (Wildman–Crippen LogP) is 2.49. The zero-order valence-electron chi connectivity index (χ0n) is 11.9. The molecule has 1 aromatic carbocycles. The lowest BCUT2D eigenvalue weighted by atomic mass is 10.1. The van der Waals surface area contributed by atoms with Crippen LogP contribution in [0.1, 0.15) is 10.4 Å². The summed E-state index contributed by atoms with van der Waals surface area (Å²) >= 11 is 0. The maximum atomic E-state index is 12.6. The molecule has 1 fully saturated rings. The Hall–Kier alpha value is -2.02. The van der Waals surface area contributed by atoms with Gasteiger partial charge in [-0.05, 0) is 18.2 Å². The first-order valence-electron chi connectivity index (χ1n) is 7.08. The number of aromatic amines is 1. The summed E-state index contributed by atoms with van der Waals surface area (Å²) in [5.74, 6) is -0.128. The SMILES string of the molecule is O=C(c1cccc2[nH]ccc12)N1CCN(CC(F)(F)F)CC1. The molecule has 1 aromatic heterocycles. The Morgan fingerprint density at radius 1 is 1.14 bits per heavy atom. The van der Waals surface area contributed by atoms with E-state index in [2.05, 4.69) is 4.98 Å². The Morgan fingerprint density at radius 3 is 2.55 bits per heavy atom. The van der Waals surface area contributed by atoms with Gasteiger partial charge in [0.2, 0.25) is 0 Å². The van der Waals surface area contributed by atoms with E-state index in [0.29, 0.717) is 18.7 Å². The number of benzene rings is 1. The molecule has 2 heterocycles. The van der Waals surface area contributed by atoms with Crippen molar-refractivity contribution in [2.24, 2.45) is 0 Å². The van der Waals surface area contributed by atoms with Gasteiger partial charge in [0.05, 0.1) is 6.54 Å². The fraction of sp³-hybridized carbons (Fsp3) is 0.400. The molecule has 0 spiro atoms. The maximum Gasteiger partial charge on any atom is 0.401 e. The molecule has 1 aliphatic heterocycles. The van der Waals surface area contributed by atoms with Crippen LogP contribution in [0.15, 0.2) is 30.5 Å². The van der Waals surface area contributed by atoms with Crippen molar-refractivity contribution >= 4 is 16.8 Å². The smallest absolute Gasteiger partial charge is 0.361 e. The van der Waals surface area contributed by atoms with Crippen LogP contribution >= 0.6 is 0 Å². The highest BCUT2D eigenvalue weighted by atomic mass is 19.4. The second-order valence-electron chi connectivity index (χ2n) is 5.43. The maximum absolute atomic E-state index is 12.6. The van der Waals surface area contributed by atoms with Gasteiger partial charge in [0.1, 0.15) is 0 Å². The van der Waals surface area contributed by atoms with Gasteiger partial charge in [0, 0.05) is 48.8 Å². The van der Waals surface area contributed by atoms with Crippen LogP contribution in [0.25, 0.3) is 10.9 Å². The number of nitrogens with zero attached hydrogens (tertiary/aromatic N) is 2. The van der Waals surface area contributed by atoms with Gasteiger partial charge in [-0.25, -0.2) is 0 Å². The molecule has 118 valence electrons. The number of nitrogens with one attached hydrogen (secondary N) is 1. The van der Waals surface area contributed by atoms with Crippen molar-refractivity contribution < 1.29 is 18.0 Å². The van der Waals surface area contributed by atoms with Gasteiger partial charge in [-0.1, -0.05) is 6.07 Å². The van der Waals surface area contributed by atoms with Crippen molar-refractivity contribution in [3.8, 4) is 0 Å². The number of halogens is 3. The summed E-state index contributed by atoms with van der Waals surface area (Å²) in [6.07, 6.45) is -2.42. The average molecular weight is 311 g/mol. The summed E-state index contributed by atoms with van der Waals surface area (Å²) in [4.78, 5) is 18.6. The largest absolute Gasteiger partial charge is 0.401 e.